The highest BCUT2D eigenvalue weighted by Crippen LogP contribution is 2.22. The average molecular weight is 477 g/mol. The third kappa shape index (κ3) is 3.16. The molecule has 0 saturated carbocycles. The molecule has 5 heteroatoms. The van der Waals surface area contributed by atoms with Gasteiger partial charge in [0.25, 0.3) is 0 Å². The Bertz CT molecular complexity index is 647. The molecule has 0 spiro atoms. The summed E-state index contributed by atoms with van der Waals surface area (Å²) in [4.78, 5) is 9.35. The van der Waals surface area contributed by atoms with Crippen molar-refractivity contribution in [2.75, 3.05) is 0 Å². The monoisotopic (exact) mass is 477 g/mol. The number of halogens is 2. The highest BCUT2D eigenvalue weighted by molar-refractivity contribution is 14.1. The fourth-order valence-electron chi connectivity index (χ4n) is 2.01. The second-order valence-electron chi connectivity index (χ2n) is 4.24. The van der Waals surface area contributed by atoms with E-state index in [0.717, 1.165) is 55.2 Å². The van der Waals surface area contributed by atoms with Crippen LogP contribution >= 0.6 is 45.2 Å². The largest absolute Gasteiger partial charge is 0.248 e. The van der Waals surface area contributed by atoms with Gasteiger partial charge in [-0.25, -0.2) is 9.97 Å². The number of benzene rings is 1. The normalized spacial score (nSPS) is 10.6. The van der Waals surface area contributed by atoms with E-state index in [1.165, 1.54) is 0 Å². The van der Waals surface area contributed by atoms with Gasteiger partial charge in [0.15, 0.2) is 0 Å². The Balaban J connectivity index is 2.68. The molecule has 0 radical (unpaired) electrons. The lowest BCUT2D eigenvalue weighted by atomic mass is 10.0. The predicted octanol–water partition coefficient (Wildman–Crippen LogP) is 4.32. The molecule has 0 unspecified atom stereocenters. The molecular weight excluding hydrogens is 464 g/mol. The number of aryl methyl sites for hydroxylation is 1. The average Bonchev–Trinajstić information content (AvgIpc) is 2.45. The first-order valence-corrected chi connectivity index (χ1v) is 9.13. The van der Waals surface area contributed by atoms with E-state index in [1.54, 1.807) is 0 Å². The summed E-state index contributed by atoms with van der Waals surface area (Å²) < 4.78 is 1.71. The van der Waals surface area contributed by atoms with Crippen molar-refractivity contribution in [3.05, 3.63) is 34.6 Å². The lowest BCUT2D eigenvalue weighted by Crippen LogP contribution is -2.00. The van der Waals surface area contributed by atoms with Gasteiger partial charge in [-0.2, -0.15) is 5.26 Å². The zero-order chi connectivity index (χ0) is 13.8. The Morgan fingerprint density at radius 1 is 1.11 bits per heavy atom. The molecule has 1 aromatic heterocycles. The first-order chi connectivity index (χ1) is 9.23. The number of rotatable bonds is 4. The van der Waals surface area contributed by atoms with Crippen LogP contribution in [0.3, 0.4) is 0 Å². The van der Waals surface area contributed by atoms with Crippen LogP contribution in [0, 0.1) is 11.3 Å². The molecule has 19 heavy (non-hydrogen) atoms. The minimum absolute atomic E-state index is 0.727. The molecule has 0 atom stereocenters. The van der Waals surface area contributed by atoms with Gasteiger partial charge in [0, 0.05) is 8.86 Å². The van der Waals surface area contributed by atoms with Gasteiger partial charge in [0.2, 0.25) is 0 Å². The van der Waals surface area contributed by atoms with Gasteiger partial charge in [0.05, 0.1) is 34.1 Å². The summed E-state index contributed by atoms with van der Waals surface area (Å²) in [6.07, 6.45) is 1.94. The molecule has 0 aliphatic carbocycles. The van der Waals surface area contributed by atoms with E-state index in [-0.39, 0.29) is 0 Å². The summed E-state index contributed by atoms with van der Waals surface area (Å²) in [6, 6.07) is 6.17. The summed E-state index contributed by atoms with van der Waals surface area (Å²) in [5.74, 6) is 0. The van der Waals surface area contributed by atoms with Gasteiger partial charge in [-0.15, -0.1) is 0 Å². The van der Waals surface area contributed by atoms with Crippen LogP contribution in [0.4, 0.5) is 0 Å². The first kappa shape index (κ1) is 14.9. The number of nitrogens with zero attached hydrogens (tertiary/aromatic N) is 3. The summed E-state index contributed by atoms with van der Waals surface area (Å²) in [5, 5.41) is 9.23. The molecule has 0 aliphatic rings. The van der Waals surface area contributed by atoms with Crippen LogP contribution in [0.5, 0.6) is 0 Å². The first-order valence-electron chi connectivity index (χ1n) is 6.08. The maximum Gasteiger partial charge on any atom is 0.0995 e. The third-order valence-electron chi connectivity index (χ3n) is 2.94. The van der Waals surface area contributed by atoms with E-state index < -0.39 is 0 Å². The maximum absolute atomic E-state index is 9.23. The van der Waals surface area contributed by atoms with E-state index in [0.29, 0.717) is 0 Å². The fraction of sp³-hybridized carbons (Fsp3) is 0.357. The minimum atomic E-state index is 0.727. The van der Waals surface area contributed by atoms with E-state index >= 15 is 0 Å². The Morgan fingerprint density at radius 2 is 1.68 bits per heavy atom. The van der Waals surface area contributed by atoms with Crippen molar-refractivity contribution in [2.45, 2.75) is 28.6 Å². The van der Waals surface area contributed by atoms with Crippen LogP contribution < -0.4 is 0 Å². The molecule has 3 nitrogen and oxygen atoms in total. The Kier molecular flexibility index (Phi) is 5.33. The van der Waals surface area contributed by atoms with Crippen molar-refractivity contribution in [2.24, 2.45) is 0 Å². The number of hydrogen-bond acceptors (Lipinski definition) is 3. The van der Waals surface area contributed by atoms with Crippen LogP contribution in [0.25, 0.3) is 11.0 Å². The second-order valence-corrected chi connectivity index (χ2v) is 5.77. The van der Waals surface area contributed by atoms with Gasteiger partial charge < -0.3 is 0 Å². The predicted molar refractivity (Wildman–Crippen MR) is 93.7 cm³/mol. The molecule has 0 aliphatic heterocycles. The van der Waals surface area contributed by atoms with Crippen molar-refractivity contribution >= 4 is 56.2 Å². The molecule has 0 saturated heterocycles. The van der Waals surface area contributed by atoms with Gasteiger partial charge in [-0.05, 0) is 24.1 Å². The van der Waals surface area contributed by atoms with Crippen LogP contribution in [0.2, 0.25) is 0 Å². The maximum atomic E-state index is 9.23. The standard InChI is InChI=1S/C14H13I2N3/c1-2-3-9-4-11-12(5-10(9)8-17)19-14(7-16)13(6-15)18-11/h4-5H,2-3,6-7H2,1H3. The Morgan fingerprint density at radius 3 is 2.16 bits per heavy atom. The Hall–Kier alpha value is -0.490. The molecule has 0 fully saturated rings. The topological polar surface area (TPSA) is 49.6 Å². The lowest BCUT2D eigenvalue weighted by molar-refractivity contribution is 0.918. The van der Waals surface area contributed by atoms with E-state index in [4.69, 9.17) is 4.98 Å². The summed E-state index contributed by atoms with van der Waals surface area (Å²) >= 11 is 4.62. The number of hydrogen-bond donors (Lipinski definition) is 0. The van der Waals surface area contributed by atoms with Crippen molar-refractivity contribution in [1.29, 1.82) is 5.26 Å². The van der Waals surface area contributed by atoms with Gasteiger partial charge in [0.1, 0.15) is 0 Å². The van der Waals surface area contributed by atoms with E-state index in [1.807, 2.05) is 12.1 Å². The van der Waals surface area contributed by atoms with Gasteiger partial charge in [-0.1, -0.05) is 58.5 Å². The van der Waals surface area contributed by atoms with Crippen LogP contribution in [0.15, 0.2) is 12.1 Å². The summed E-state index contributed by atoms with van der Waals surface area (Å²) in [6.45, 7) is 2.12. The molecule has 2 aromatic rings. The fourth-order valence-corrected chi connectivity index (χ4v) is 3.23. The van der Waals surface area contributed by atoms with Gasteiger partial charge >= 0.3 is 0 Å². The van der Waals surface area contributed by atoms with Gasteiger partial charge in [-0.3, -0.25) is 0 Å². The van der Waals surface area contributed by atoms with Crippen LogP contribution in [-0.2, 0) is 15.3 Å². The van der Waals surface area contributed by atoms with E-state index in [9.17, 15) is 5.26 Å². The molecule has 98 valence electrons. The van der Waals surface area contributed by atoms with Crippen molar-refractivity contribution in [3.8, 4) is 6.07 Å². The molecule has 0 amide bonds. The quantitative estimate of drug-likeness (QED) is 0.487. The number of fused-ring (bicyclic) bond motifs is 1. The number of alkyl halides is 2. The number of aromatic nitrogens is 2. The second kappa shape index (κ2) is 6.79. The molecule has 1 aromatic carbocycles. The molecule has 0 N–H and O–H groups in total. The van der Waals surface area contributed by atoms with Crippen LogP contribution in [-0.4, -0.2) is 9.97 Å². The third-order valence-corrected chi connectivity index (χ3v) is 4.38. The lowest BCUT2D eigenvalue weighted by Gasteiger charge is -2.08. The zero-order valence-electron chi connectivity index (χ0n) is 10.6. The Labute approximate surface area is 140 Å². The van der Waals surface area contributed by atoms with Crippen molar-refractivity contribution < 1.29 is 0 Å². The molecular formula is C14H13I2N3. The van der Waals surface area contributed by atoms with Crippen molar-refractivity contribution in [3.63, 3.8) is 0 Å². The zero-order valence-corrected chi connectivity index (χ0v) is 14.9. The smallest absolute Gasteiger partial charge is 0.0995 e. The molecule has 2 rings (SSSR count). The highest BCUT2D eigenvalue weighted by atomic mass is 127. The summed E-state index contributed by atoms with van der Waals surface area (Å²) in [7, 11) is 0. The molecule has 1 heterocycles. The molecule has 0 bridgehead atoms. The SMILES string of the molecule is CCCc1cc2nc(CI)c(CI)nc2cc1C#N. The minimum Gasteiger partial charge on any atom is -0.248 e. The van der Waals surface area contributed by atoms with Crippen LogP contribution in [0.1, 0.15) is 35.9 Å². The number of nitriles is 1. The van der Waals surface area contributed by atoms with E-state index in [2.05, 4.69) is 63.2 Å². The summed E-state index contributed by atoms with van der Waals surface area (Å²) in [5.41, 5.74) is 5.61. The highest BCUT2D eigenvalue weighted by Gasteiger charge is 2.10. The van der Waals surface area contributed by atoms with Crippen molar-refractivity contribution in [1.82, 2.24) is 9.97 Å².